The van der Waals surface area contributed by atoms with E-state index in [2.05, 4.69) is 15.1 Å². The van der Waals surface area contributed by atoms with Gasteiger partial charge in [-0.25, -0.2) is 0 Å². The van der Waals surface area contributed by atoms with Gasteiger partial charge in [-0.3, -0.25) is 9.59 Å². The van der Waals surface area contributed by atoms with E-state index in [1.807, 2.05) is 16.8 Å². The lowest BCUT2D eigenvalue weighted by Gasteiger charge is -2.37. The van der Waals surface area contributed by atoms with Crippen molar-refractivity contribution >= 4 is 17.2 Å². The number of rotatable bonds is 3. The molecular weight excluding hydrogens is 316 g/mol. The lowest BCUT2D eigenvalue weighted by Crippen LogP contribution is -2.48. The monoisotopic (exact) mass is 328 g/mol. The van der Waals surface area contributed by atoms with Crippen molar-refractivity contribution in [1.29, 1.82) is 0 Å². The molecule has 116 valence electrons. The molecule has 1 aliphatic heterocycles. The fourth-order valence-electron chi connectivity index (χ4n) is 2.44. The second-order valence-electron chi connectivity index (χ2n) is 5.32. The third-order valence-corrected chi connectivity index (χ3v) is 4.45. The summed E-state index contributed by atoms with van der Waals surface area (Å²) in [7, 11) is 0. The predicted octanol–water partition coefficient (Wildman–Crippen LogP) is 1.73. The van der Waals surface area contributed by atoms with E-state index in [9.17, 15) is 9.59 Å². The second kappa shape index (κ2) is 5.47. The van der Waals surface area contributed by atoms with Crippen LogP contribution in [-0.4, -0.2) is 39.0 Å². The van der Waals surface area contributed by atoms with Crippen LogP contribution < -0.4 is 5.56 Å². The molecule has 4 rings (SSSR count). The molecule has 0 bridgehead atoms. The van der Waals surface area contributed by atoms with Crippen molar-refractivity contribution in [2.24, 2.45) is 0 Å². The molecule has 3 aromatic rings. The van der Waals surface area contributed by atoms with E-state index in [-0.39, 0.29) is 17.4 Å². The van der Waals surface area contributed by atoms with Crippen molar-refractivity contribution in [2.45, 2.75) is 5.92 Å². The fraction of sp³-hybridized carbons (Fsp3) is 0.200. The molecule has 1 amide bonds. The van der Waals surface area contributed by atoms with Crippen LogP contribution in [0.5, 0.6) is 0 Å². The summed E-state index contributed by atoms with van der Waals surface area (Å²) in [6.07, 6.45) is 1.43. The maximum Gasteiger partial charge on any atom is 0.255 e. The van der Waals surface area contributed by atoms with Gasteiger partial charge in [-0.05, 0) is 17.5 Å². The van der Waals surface area contributed by atoms with Crippen molar-refractivity contribution in [3.63, 3.8) is 0 Å². The molecule has 0 unspecified atom stereocenters. The number of carbonyl (C=O) groups is 1. The Morgan fingerprint density at radius 2 is 2.22 bits per heavy atom. The van der Waals surface area contributed by atoms with E-state index < -0.39 is 0 Å². The van der Waals surface area contributed by atoms with Crippen molar-refractivity contribution < 1.29 is 9.32 Å². The number of nitrogens with zero attached hydrogens (tertiary/aromatic N) is 3. The molecule has 1 saturated heterocycles. The van der Waals surface area contributed by atoms with Crippen molar-refractivity contribution in [2.75, 3.05) is 13.1 Å². The lowest BCUT2D eigenvalue weighted by molar-refractivity contribution is 0.0568. The Labute approximate surface area is 134 Å². The third kappa shape index (κ3) is 2.57. The molecule has 1 fully saturated rings. The molecule has 0 aromatic carbocycles. The number of H-pyrrole nitrogens is 1. The number of hydrogen-bond acceptors (Lipinski definition) is 6. The molecule has 4 heterocycles. The Morgan fingerprint density at radius 1 is 1.35 bits per heavy atom. The number of thiophene rings is 1. The predicted molar refractivity (Wildman–Crippen MR) is 83.3 cm³/mol. The van der Waals surface area contributed by atoms with Gasteiger partial charge >= 0.3 is 0 Å². The Balaban J connectivity index is 1.42. The van der Waals surface area contributed by atoms with Gasteiger partial charge in [-0.2, -0.15) is 16.3 Å². The maximum atomic E-state index is 12.2. The Morgan fingerprint density at radius 3 is 2.91 bits per heavy atom. The van der Waals surface area contributed by atoms with E-state index in [1.165, 1.54) is 18.3 Å². The third-order valence-electron chi connectivity index (χ3n) is 3.77. The van der Waals surface area contributed by atoms with Crippen LogP contribution in [-0.2, 0) is 0 Å². The minimum atomic E-state index is -0.227. The summed E-state index contributed by atoms with van der Waals surface area (Å²) in [5, 5.41) is 7.89. The summed E-state index contributed by atoms with van der Waals surface area (Å²) >= 11 is 1.57. The number of aromatic amines is 1. The Bertz CT molecular complexity index is 873. The van der Waals surface area contributed by atoms with Gasteiger partial charge in [0.15, 0.2) is 0 Å². The van der Waals surface area contributed by atoms with E-state index in [0.717, 1.165) is 5.56 Å². The van der Waals surface area contributed by atoms with E-state index in [1.54, 1.807) is 16.2 Å². The van der Waals surface area contributed by atoms with Gasteiger partial charge in [-0.1, -0.05) is 5.16 Å². The number of aromatic nitrogens is 3. The molecule has 8 heteroatoms. The standard InChI is InChI=1S/C15H12N4O3S/c20-12-2-1-9(5-16-12)15(21)19-6-11(7-19)14-17-13(18-22-14)10-3-4-23-8-10/h1-5,8,11H,6-7H2,(H,16,20). The van der Waals surface area contributed by atoms with Crippen LogP contribution >= 0.6 is 11.3 Å². The van der Waals surface area contributed by atoms with Crippen LogP contribution in [0, 0.1) is 0 Å². The van der Waals surface area contributed by atoms with E-state index in [4.69, 9.17) is 4.52 Å². The molecule has 0 saturated carbocycles. The van der Waals surface area contributed by atoms with Gasteiger partial charge in [0.05, 0.1) is 11.5 Å². The molecule has 7 nitrogen and oxygen atoms in total. The Kier molecular flexibility index (Phi) is 3.30. The van der Waals surface area contributed by atoms with Crippen LogP contribution in [0.4, 0.5) is 0 Å². The first-order valence-electron chi connectivity index (χ1n) is 7.05. The first-order valence-corrected chi connectivity index (χ1v) is 7.99. The van der Waals surface area contributed by atoms with Gasteiger partial charge in [-0.15, -0.1) is 0 Å². The van der Waals surface area contributed by atoms with Gasteiger partial charge in [0.1, 0.15) is 0 Å². The molecule has 0 radical (unpaired) electrons. The summed E-state index contributed by atoms with van der Waals surface area (Å²) in [4.78, 5) is 31.9. The minimum Gasteiger partial charge on any atom is -0.339 e. The number of amides is 1. The average Bonchev–Trinajstić information content (AvgIpc) is 3.17. The van der Waals surface area contributed by atoms with Gasteiger partial charge in [0.25, 0.3) is 5.91 Å². The zero-order chi connectivity index (χ0) is 15.8. The topological polar surface area (TPSA) is 92.1 Å². The Hall–Kier alpha value is -2.74. The quantitative estimate of drug-likeness (QED) is 0.790. The lowest BCUT2D eigenvalue weighted by atomic mass is 9.99. The number of likely N-dealkylation sites (tertiary alicyclic amines) is 1. The highest BCUT2D eigenvalue weighted by molar-refractivity contribution is 7.08. The van der Waals surface area contributed by atoms with Crippen LogP contribution in [0.25, 0.3) is 11.4 Å². The van der Waals surface area contributed by atoms with Crippen LogP contribution in [0.3, 0.4) is 0 Å². The summed E-state index contributed by atoms with van der Waals surface area (Å²) < 4.78 is 5.30. The summed E-state index contributed by atoms with van der Waals surface area (Å²) in [5.74, 6) is 1.07. The molecule has 0 atom stereocenters. The summed E-state index contributed by atoms with van der Waals surface area (Å²) in [6.45, 7) is 1.06. The SMILES string of the molecule is O=C(c1ccc(=O)[nH]c1)N1CC(c2nc(-c3ccsc3)no2)C1. The summed E-state index contributed by atoms with van der Waals surface area (Å²) in [5.41, 5.74) is 1.17. The van der Waals surface area contributed by atoms with Crippen molar-refractivity contribution in [1.82, 2.24) is 20.0 Å². The number of pyridine rings is 1. The second-order valence-corrected chi connectivity index (χ2v) is 6.10. The highest BCUT2D eigenvalue weighted by Crippen LogP contribution is 2.29. The first-order chi connectivity index (χ1) is 11.2. The zero-order valence-electron chi connectivity index (χ0n) is 11.9. The molecule has 1 aliphatic rings. The molecule has 3 aromatic heterocycles. The molecule has 23 heavy (non-hydrogen) atoms. The van der Waals surface area contributed by atoms with Crippen LogP contribution in [0.15, 0.2) is 44.5 Å². The largest absolute Gasteiger partial charge is 0.339 e. The van der Waals surface area contributed by atoms with E-state index >= 15 is 0 Å². The van der Waals surface area contributed by atoms with Gasteiger partial charge in [0.2, 0.25) is 17.3 Å². The fourth-order valence-corrected chi connectivity index (χ4v) is 3.07. The van der Waals surface area contributed by atoms with E-state index in [0.29, 0.717) is 30.4 Å². The molecule has 0 aliphatic carbocycles. The molecular formula is C15H12N4O3S. The number of nitrogens with one attached hydrogen (secondary N) is 1. The molecule has 1 N–H and O–H groups in total. The van der Waals surface area contributed by atoms with Crippen LogP contribution in [0.1, 0.15) is 22.2 Å². The number of carbonyl (C=O) groups excluding carboxylic acids is 1. The maximum absolute atomic E-state index is 12.2. The normalized spacial score (nSPS) is 14.7. The number of hydrogen-bond donors (Lipinski definition) is 1. The van der Waals surface area contributed by atoms with Gasteiger partial charge in [0, 0.05) is 36.3 Å². The first kappa shape index (κ1) is 13.9. The molecule has 0 spiro atoms. The van der Waals surface area contributed by atoms with Crippen molar-refractivity contribution in [3.05, 3.63) is 57.0 Å². The average molecular weight is 328 g/mol. The smallest absolute Gasteiger partial charge is 0.255 e. The van der Waals surface area contributed by atoms with Gasteiger partial charge < -0.3 is 14.4 Å². The highest BCUT2D eigenvalue weighted by atomic mass is 32.1. The zero-order valence-corrected chi connectivity index (χ0v) is 12.7. The van der Waals surface area contributed by atoms with Crippen LogP contribution in [0.2, 0.25) is 0 Å². The minimum absolute atomic E-state index is 0.0570. The highest BCUT2D eigenvalue weighted by Gasteiger charge is 2.36. The van der Waals surface area contributed by atoms with Crippen molar-refractivity contribution in [3.8, 4) is 11.4 Å². The summed E-state index contributed by atoms with van der Waals surface area (Å²) in [6, 6.07) is 4.80.